The molecule has 2 amide bonds. The monoisotopic (exact) mass is 391 g/mol. The second-order valence-corrected chi connectivity index (χ2v) is 7.78. The van der Waals surface area contributed by atoms with Crippen LogP contribution in [0.1, 0.15) is 49.0 Å². The van der Waals surface area contributed by atoms with Crippen molar-refractivity contribution in [1.29, 1.82) is 0 Å². The number of nitrogens with zero attached hydrogens (tertiary/aromatic N) is 3. The van der Waals surface area contributed by atoms with Gasteiger partial charge in [0.25, 0.3) is 5.91 Å². The summed E-state index contributed by atoms with van der Waals surface area (Å²) in [5.41, 5.74) is 0. The highest BCUT2D eigenvalue weighted by molar-refractivity contribution is 7.99. The van der Waals surface area contributed by atoms with Gasteiger partial charge in [-0.1, -0.05) is 31.5 Å². The van der Waals surface area contributed by atoms with E-state index in [-0.39, 0.29) is 30.2 Å². The molecular formula is C18H25N5O3S. The molecule has 2 heterocycles. The fraction of sp³-hybridized carbons (Fsp3) is 0.556. The van der Waals surface area contributed by atoms with Crippen molar-refractivity contribution >= 4 is 23.6 Å². The highest BCUT2D eigenvalue weighted by atomic mass is 32.2. The SMILES string of the molecule is C[C@@H]1CCCC[C@H]1NC(=O)CSc1nnc(CNC(=O)c2ccco2)n1C. The second kappa shape index (κ2) is 9.07. The summed E-state index contributed by atoms with van der Waals surface area (Å²) in [5.74, 6) is 1.41. The number of amides is 2. The number of carbonyl (C=O) groups is 2. The van der Waals surface area contributed by atoms with E-state index in [1.165, 1.54) is 37.3 Å². The molecule has 0 unspecified atom stereocenters. The van der Waals surface area contributed by atoms with Gasteiger partial charge in [0, 0.05) is 13.1 Å². The van der Waals surface area contributed by atoms with Crippen LogP contribution in [0.25, 0.3) is 0 Å². The van der Waals surface area contributed by atoms with Crippen LogP contribution in [-0.2, 0) is 18.4 Å². The van der Waals surface area contributed by atoms with Gasteiger partial charge in [0.05, 0.1) is 18.6 Å². The Kier molecular flexibility index (Phi) is 6.54. The van der Waals surface area contributed by atoms with E-state index in [1.54, 1.807) is 16.7 Å². The Morgan fingerprint density at radius 2 is 2.15 bits per heavy atom. The van der Waals surface area contributed by atoms with Gasteiger partial charge in [0.1, 0.15) is 0 Å². The number of furan rings is 1. The summed E-state index contributed by atoms with van der Waals surface area (Å²) in [5, 5.41) is 14.7. The predicted octanol–water partition coefficient (Wildman–Crippen LogP) is 2.13. The van der Waals surface area contributed by atoms with Crippen LogP contribution in [-0.4, -0.2) is 38.4 Å². The summed E-state index contributed by atoms with van der Waals surface area (Å²) in [7, 11) is 1.82. The summed E-state index contributed by atoms with van der Waals surface area (Å²) in [6.07, 6.45) is 6.11. The molecule has 1 fully saturated rings. The summed E-state index contributed by atoms with van der Waals surface area (Å²) in [6.45, 7) is 2.43. The van der Waals surface area contributed by atoms with Crippen molar-refractivity contribution in [1.82, 2.24) is 25.4 Å². The zero-order valence-electron chi connectivity index (χ0n) is 15.6. The van der Waals surface area contributed by atoms with Crippen LogP contribution >= 0.6 is 11.8 Å². The van der Waals surface area contributed by atoms with E-state index in [0.717, 1.165) is 6.42 Å². The van der Waals surface area contributed by atoms with Crippen LogP contribution in [0.4, 0.5) is 0 Å². The van der Waals surface area contributed by atoms with Gasteiger partial charge in [0.2, 0.25) is 5.91 Å². The summed E-state index contributed by atoms with van der Waals surface area (Å²) in [4.78, 5) is 24.1. The van der Waals surface area contributed by atoms with Crippen molar-refractivity contribution in [2.75, 3.05) is 5.75 Å². The minimum absolute atomic E-state index is 0.0226. The summed E-state index contributed by atoms with van der Waals surface area (Å²) < 4.78 is 6.83. The van der Waals surface area contributed by atoms with E-state index < -0.39 is 0 Å². The first-order valence-corrected chi connectivity index (χ1v) is 10.1. The fourth-order valence-corrected chi connectivity index (χ4v) is 3.93. The van der Waals surface area contributed by atoms with Crippen LogP contribution in [0.3, 0.4) is 0 Å². The molecule has 146 valence electrons. The van der Waals surface area contributed by atoms with Gasteiger partial charge < -0.3 is 19.6 Å². The van der Waals surface area contributed by atoms with E-state index in [4.69, 9.17) is 4.42 Å². The average Bonchev–Trinajstić information content (AvgIpc) is 3.31. The quantitative estimate of drug-likeness (QED) is 0.701. The molecule has 2 atom stereocenters. The molecule has 0 spiro atoms. The minimum atomic E-state index is -0.307. The maximum Gasteiger partial charge on any atom is 0.287 e. The second-order valence-electron chi connectivity index (χ2n) is 6.84. The summed E-state index contributed by atoms with van der Waals surface area (Å²) in [6, 6.07) is 3.53. The van der Waals surface area contributed by atoms with Crippen LogP contribution < -0.4 is 10.6 Å². The highest BCUT2D eigenvalue weighted by Gasteiger charge is 2.23. The van der Waals surface area contributed by atoms with Crippen LogP contribution in [0.5, 0.6) is 0 Å². The number of nitrogens with one attached hydrogen (secondary N) is 2. The number of rotatable bonds is 7. The van der Waals surface area contributed by atoms with Gasteiger partial charge in [-0.15, -0.1) is 10.2 Å². The zero-order chi connectivity index (χ0) is 19.2. The number of carbonyl (C=O) groups excluding carboxylic acids is 2. The lowest BCUT2D eigenvalue weighted by Crippen LogP contribution is -2.41. The molecule has 0 aromatic carbocycles. The fourth-order valence-electron chi connectivity index (χ4n) is 3.19. The van der Waals surface area contributed by atoms with Crippen molar-refractivity contribution in [2.24, 2.45) is 13.0 Å². The molecule has 0 radical (unpaired) electrons. The molecule has 2 aromatic heterocycles. The molecule has 8 nitrogen and oxygen atoms in total. The van der Waals surface area contributed by atoms with Crippen molar-refractivity contribution in [3.8, 4) is 0 Å². The molecule has 0 bridgehead atoms. The molecule has 9 heteroatoms. The van der Waals surface area contributed by atoms with E-state index in [2.05, 4.69) is 27.8 Å². The number of aromatic nitrogens is 3. The van der Waals surface area contributed by atoms with Crippen molar-refractivity contribution in [3.63, 3.8) is 0 Å². The molecule has 1 saturated carbocycles. The maximum absolute atomic E-state index is 12.2. The largest absolute Gasteiger partial charge is 0.459 e. The summed E-state index contributed by atoms with van der Waals surface area (Å²) >= 11 is 1.34. The van der Waals surface area contributed by atoms with Crippen LogP contribution in [0, 0.1) is 5.92 Å². The van der Waals surface area contributed by atoms with Gasteiger partial charge in [0.15, 0.2) is 16.7 Å². The standard InChI is InChI=1S/C18H25N5O3S/c1-12-6-3-4-7-13(12)20-16(24)11-27-18-22-21-15(23(18)2)10-19-17(25)14-8-5-9-26-14/h5,8-9,12-13H,3-4,6-7,10-11H2,1-2H3,(H,19,25)(H,20,24)/t12-,13-/m1/s1. The Hall–Kier alpha value is -2.29. The van der Waals surface area contributed by atoms with Gasteiger partial charge >= 0.3 is 0 Å². The lowest BCUT2D eigenvalue weighted by atomic mass is 9.86. The molecule has 2 aromatic rings. The lowest BCUT2D eigenvalue weighted by Gasteiger charge is -2.29. The van der Waals surface area contributed by atoms with Gasteiger partial charge in [-0.05, 0) is 30.9 Å². The topological polar surface area (TPSA) is 102 Å². The minimum Gasteiger partial charge on any atom is -0.459 e. The van der Waals surface area contributed by atoms with Gasteiger partial charge in [-0.25, -0.2) is 0 Å². The molecule has 3 rings (SSSR count). The molecule has 0 saturated heterocycles. The molecular weight excluding hydrogens is 366 g/mol. The molecule has 1 aliphatic rings. The zero-order valence-corrected chi connectivity index (χ0v) is 16.4. The van der Waals surface area contributed by atoms with Crippen molar-refractivity contribution < 1.29 is 14.0 Å². The van der Waals surface area contributed by atoms with E-state index in [1.807, 2.05) is 7.05 Å². The number of hydrogen-bond donors (Lipinski definition) is 2. The first kappa shape index (κ1) is 19.5. The average molecular weight is 391 g/mol. The van der Waals surface area contributed by atoms with E-state index in [9.17, 15) is 9.59 Å². The Balaban J connectivity index is 1.47. The van der Waals surface area contributed by atoms with Crippen LogP contribution in [0.15, 0.2) is 28.0 Å². The van der Waals surface area contributed by atoms with Crippen LogP contribution in [0.2, 0.25) is 0 Å². The lowest BCUT2D eigenvalue weighted by molar-refractivity contribution is -0.119. The Morgan fingerprint density at radius 1 is 1.33 bits per heavy atom. The van der Waals surface area contributed by atoms with Gasteiger partial charge in [-0.3, -0.25) is 9.59 Å². The number of hydrogen-bond acceptors (Lipinski definition) is 6. The molecule has 1 aliphatic carbocycles. The molecule has 0 aliphatic heterocycles. The normalized spacial score (nSPS) is 19.6. The third-order valence-corrected chi connectivity index (χ3v) is 5.89. The highest BCUT2D eigenvalue weighted by Crippen LogP contribution is 2.24. The predicted molar refractivity (Wildman–Crippen MR) is 101 cm³/mol. The third kappa shape index (κ3) is 5.12. The molecule has 27 heavy (non-hydrogen) atoms. The van der Waals surface area contributed by atoms with E-state index in [0.29, 0.717) is 22.7 Å². The third-order valence-electron chi connectivity index (χ3n) is 4.87. The Labute approximate surface area is 162 Å². The smallest absolute Gasteiger partial charge is 0.287 e. The molecule has 2 N–H and O–H groups in total. The maximum atomic E-state index is 12.2. The first-order valence-electron chi connectivity index (χ1n) is 9.16. The van der Waals surface area contributed by atoms with Crippen molar-refractivity contribution in [3.05, 3.63) is 30.0 Å². The first-order chi connectivity index (χ1) is 13.0. The Bertz CT molecular complexity index is 774. The van der Waals surface area contributed by atoms with Crippen molar-refractivity contribution in [2.45, 2.75) is 50.4 Å². The van der Waals surface area contributed by atoms with E-state index >= 15 is 0 Å². The van der Waals surface area contributed by atoms with Gasteiger partial charge in [-0.2, -0.15) is 0 Å². The number of thioether (sulfide) groups is 1. The Morgan fingerprint density at radius 3 is 2.89 bits per heavy atom.